The number of ether oxygens (including phenoxy) is 1. The molecule has 6 atom stereocenters. The lowest BCUT2D eigenvalue weighted by molar-refractivity contribution is -0.131. The summed E-state index contributed by atoms with van der Waals surface area (Å²) in [6.07, 6.45) is 9.20. The summed E-state index contributed by atoms with van der Waals surface area (Å²) in [5.74, 6) is -1.01. The molecule has 26 heavy (non-hydrogen) atoms. The molecule has 0 saturated carbocycles. The number of hydrogen-bond donors (Lipinski definition) is 2. The monoisotopic (exact) mass is 358 g/mol. The van der Waals surface area contributed by atoms with Crippen LogP contribution in [-0.4, -0.2) is 35.0 Å². The number of carboxylic acids is 1. The van der Waals surface area contributed by atoms with Crippen molar-refractivity contribution in [2.45, 2.75) is 53.8 Å². The minimum atomic E-state index is -0.996. The van der Waals surface area contributed by atoms with Gasteiger partial charge in [0.05, 0.1) is 18.8 Å². The van der Waals surface area contributed by atoms with Crippen LogP contribution in [0.1, 0.15) is 41.5 Å². The maximum Gasteiger partial charge on any atom is 0.328 e. The number of aliphatic hydroxyl groups is 1. The van der Waals surface area contributed by atoms with Crippen molar-refractivity contribution < 1.29 is 19.7 Å². The van der Waals surface area contributed by atoms with Gasteiger partial charge in [0.15, 0.2) is 0 Å². The van der Waals surface area contributed by atoms with Crippen molar-refractivity contribution in [2.24, 2.45) is 22.2 Å². The van der Waals surface area contributed by atoms with Crippen LogP contribution in [0.4, 0.5) is 0 Å². The van der Waals surface area contributed by atoms with Crippen LogP contribution in [0.5, 0.6) is 0 Å². The molecule has 0 radical (unpaired) electrons. The second-order valence-electron chi connectivity index (χ2n) is 8.65. The molecular weight excluding hydrogens is 328 g/mol. The number of hydrogen-bond acceptors (Lipinski definition) is 3. The fourth-order valence-corrected chi connectivity index (χ4v) is 6.14. The molecule has 0 spiro atoms. The van der Waals surface area contributed by atoms with Gasteiger partial charge in [-0.05, 0) is 38.8 Å². The van der Waals surface area contributed by atoms with Gasteiger partial charge in [0.2, 0.25) is 0 Å². The fraction of sp³-hybridized carbons (Fsp3) is 0.591. The highest BCUT2D eigenvalue weighted by Gasteiger charge is 2.71. The normalized spacial score (nSPS) is 44.9. The molecule has 3 aliphatic rings. The first-order valence-electron chi connectivity index (χ1n) is 9.27. The molecule has 3 rings (SSSR count). The first-order valence-corrected chi connectivity index (χ1v) is 9.27. The van der Waals surface area contributed by atoms with Crippen molar-refractivity contribution in [1.29, 1.82) is 0 Å². The molecule has 1 aliphatic heterocycles. The molecule has 0 aromatic rings. The summed E-state index contributed by atoms with van der Waals surface area (Å²) >= 11 is 0. The third kappa shape index (κ3) is 2.18. The standard InChI is InChI=1S/C22H30O4/c1-7-13(2)18-20(5)10-14(3)17-21(20,6)19(26-18)15(4)11-22(17,12-23)9-8-16(24)25/h7-11,17-19,23H,12H2,1-6H3,(H,24,25)/b9-8+,13-7-/t17-,18-,19-,20-,21+,22+/m0/s1. The molecule has 0 amide bonds. The van der Waals surface area contributed by atoms with Crippen molar-refractivity contribution in [3.8, 4) is 0 Å². The number of aliphatic hydroxyl groups excluding tert-OH is 1. The Morgan fingerprint density at radius 2 is 1.92 bits per heavy atom. The summed E-state index contributed by atoms with van der Waals surface area (Å²) in [6, 6.07) is 0. The quantitative estimate of drug-likeness (QED) is 0.591. The number of allylic oxidation sites excluding steroid dienone is 2. The molecule has 142 valence electrons. The van der Waals surface area contributed by atoms with E-state index in [0.717, 1.165) is 11.6 Å². The van der Waals surface area contributed by atoms with Gasteiger partial charge in [0.1, 0.15) is 0 Å². The Labute approximate surface area is 155 Å². The lowest BCUT2D eigenvalue weighted by Crippen LogP contribution is -2.53. The van der Waals surface area contributed by atoms with Crippen molar-refractivity contribution in [3.63, 3.8) is 0 Å². The van der Waals surface area contributed by atoms with E-state index in [2.05, 4.69) is 39.8 Å². The van der Waals surface area contributed by atoms with Gasteiger partial charge >= 0.3 is 5.97 Å². The highest BCUT2D eigenvalue weighted by molar-refractivity contribution is 5.80. The maximum absolute atomic E-state index is 11.2. The van der Waals surface area contributed by atoms with E-state index < -0.39 is 11.4 Å². The minimum Gasteiger partial charge on any atom is -0.478 e. The summed E-state index contributed by atoms with van der Waals surface area (Å²) in [7, 11) is 0. The summed E-state index contributed by atoms with van der Waals surface area (Å²) in [6.45, 7) is 12.6. The highest BCUT2D eigenvalue weighted by atomic mass is 16.5. The summed E-state index contributed by atoms with van der Waals surface area (Å²) in [5.41, 5.74) is 2.27. The zero-order valence-electron chi connectivity index (χ0n) is 16.5. The van der Waals surface area contributed by atoms with E-state index in [9.17, 15) is 9.90 Å². The lowest BCUT2D eigenvalue weighted by atomic mass is 9.49. The number of carboxylic acid groups (broad SMARTS) is 1. The fourth-order valence-electron chi connectivity index (χ4n) is 6.14. The SMILES string of the molecule is C/C=C(/C)[C@@H]1O[C@H]2C(C)=C[C@](/C=C/C(=O)O)(CO)[C@H]3C(C)=C[C@]1(C)[C@@]23C. The summed E-state index contributed by atoms with van der Waals surface area (Å²) < 4.78 is 6.58. The van der Waals surface area contributed by atoms with Gasteiger partial charge in [-0.2, -0.15) is 0 Å². The molecule has 2 aliphatic carbocycles. The predicted molar refractivity (Wildman–Crippen MR) is 102 cm³/mol. The van der Waals surface area contributed by atoms with Gasteiger partial charge in [-0.3, -0.25) is 0 Å². The van der Waals surface area contributed by atoms with Crippen LogP contribution >= 0.6 is 0 Å². The minimum absolute atomic E-state index is 0.0102. The molecule has 0 aromatic carbocycles. The van der Waals surface area contributed by atoms with Crippen LogP contribution < -0.4 is 0 Å². The Kier molecular flexibility index (Phi) is 4.36. The van der Waals surface area contributed by atoms with Crippen LogP contribution in [0, 0.1) is 22.2 Å². The van der Waals surface area contributed by atoms with Crippen molar-refractivity contribution >= 4 is 5.97 Å². The van der Waals surface area contributed by atoms with E-state index in [0.29, 0.717) is 0 Å². The second-order valence-corrected chi connectivity index (χ2v) is 8.65. The largest absolute Gasteiger partial charge is 0.478 e. The Morgan fingerprint density at radius 1 is 1.27 bits per heavy atom. The van der Waals surface area contributed by atoms with Crippen molar-refractivity contribution in [1.82, 2.24) is 0 Å². The van der Waals surface area contributed by atoms with Gasteiger partial charge in [0, 0.05) is 28.2 Å². The van der Waals surface area contributed by atoms with Gasteiger partial charge in [-0.15, -0.1) is 0 Å². The topological polar surface area (TPSA) is 66.8 Å². The van der Waals surface area contributed by atoms with Gasteiger partial charge in [-0.1, -0.05) is 43.7 Å². The van der Waals surface area contributed by atoms with Gasteiger partial charge < -0.3 is 14.9 Å². The third-order valence-corrected chi connectivity index (χ3v) is 7.23. The summed E-state index contributed by atoms with van der Waals surface area (Å²) in [5, 5.41) is 19.5. The van der Waals surface area contributed by atoms with Crippen molar-refractivity contribution in [2.75, 3.05) is 6.61 Å². The zero-order chi connectivity index (χ0) is 19.5. The predicted octanol–water partition coefficient (Wildman–Crippen LogP) is 3.89. The molecule has 0 bridgehead atoms. The Balaban J connectivity index is 2.24. The molecular formula is C22H30O4. The van der Waals surface area contributed by atoms with E-state index in [4.69, 9.17) is 9.84 Å². The first-order chi connectivity index (χ1) is 12.1. The molecule has 1 fully saturated rings. The molecule has 4 heteroatoms. The molecule has 0 unspecified atom stereocenters. The molecule has 0 aromatic heterocycles. The van der Waals surface area contributed by atoms with Crippen LogP contribution in [0.2, 0.25) is 0 Å². The Bertz CT molecular complexity index is 758. The van der Waals surface area contributed by atoms with Crippen LogP contribution in [0.15, 0.2) is 47.1 Å². The van der Waals surface area contributed by atoms with E-state index in [-0.39, 0.29) is 35.6 Å². The Morgan fingerprint density at radius 3 is 2.46 bits per heavy atom. The number of rotatable bonds is 4. The summed E-state index contributed by atoms with van der Waals surface area (Å²) in [4.78, 5) is 11.2. The number of aliphatic carboxylic acids is 1. The van der Waals surface area contributed by atoms with Crippen molar-refractivity contribution in [3.05, 3.63) is 47.1 Å². The molecule has 2 N–H and O–H groups in total. The smallest absolute Gasteiger partial charge is 0.328 e. The average molecular weight is 358 g/mol. The first kappa shape index (κ1) is 19.1. The van der Waals surface area contributed by atoms with E-state index >= 15 is 0 Å². The average Bonchev–Trinajstić information content (AvgIpc) is 2.93. The van der Waals surface area contributed by atoms with Crippen LogP contribution in [0.3, 0.4) is 0 Å². The van der Waals surface area contributed by atoms with E-state index in [1.165, 1.54) is 11.1 Å². The zero-order valence-corrected chi connectivity index (χ0v) is 16.5. The Hall–Kier alpha value is -1.65. The molecule has 4 nitrogen and oxygen atoms in total. The van der Waals surface area contributed by atoms with Gasteiger partial charge in [0.25, 0.3) is 0 Å². The lowest BCUT2D eigenvalue weighted by Gasteiger charge is -2.52. The van der Waals surface area contributed by atoms with E-state index in [1.807, 2.05) is 19.9 Å². The molecule has 1 saturated heterocycles. The van der Waals surface area contributed by atoms with Gasteiger partial charge in [-0.25, -0.2) is 4.79 Å². The molecule has 1 heterocycles. The van der Waals surface area contributed by atoms with Crippen LogP contribution in [0.25, 0.3) is 0 Å². The second kappa shape index (κ2) is 5.93. The third-order valence-electron chi connectivity index (χ3n) is 7.23. The van der Waals surface area contributed by atoms with E-state index in [1.54, 1.807) is 6.08 Å². The number of carbonyl (C=O) groups is 1. The highest BCUT2D eigenvalue weighted by Crippen LogP contribution is 2.71. The maximum atomic E-state index is 11.2. The van der Waals surface area contributed by atoms with Crippen LogP contribution in [-0.2, 0) is 9.53 Å².